The minimum atomic E-state index is -0.0895. The van der Waals surface area contributed by atoms with Gasteiger partial charge in [0.1, 0.15) is 17.7 Å². The minimum absolute atomic E-state index is 0.00332. The van der Waals surface area contributed by atoms with Crippen molar-refractivity contribution in [2.45, 2.75) is 18.9 Å². The molecule has 2 aromatic heterocycles. The fourth-order valence-corrected chi connectivity index (χ4v) is 4.18. The molecule has 1 aliphatic heterocycles. The van der Waals surface area contributed by atoms with Crippen LogP contribution in [-0.4, -0.2) is 52.3 Å². The molecule has 0 spiro atoms. The van der Waals surface area contributed by atoms with E-state index in [9.17, 15) is 4.79 Å². The summed E-state index contributed by atoms with van der Waals surface area (Å²) in [7, 11) is 3.22. The number of benzene rings is 2. The van der Waals surface area contributed by atoms with Gasteiger partial charge in [0.05, 0.1) is 31.2 Å². The van der Waals surface area contributed by atoms with E-state index in [1.807, 2.05) is 24.3 Å². The Morgan fingerprint density at radius 1 is 0.935 bits per heavy atom. The van der Waals surface area contributed by atoms with E-state index in [1.165, 1.54) is 4.68 Å². The van der Waals surface area contributed by atoms with Crippen molar-refractivity contribution >= 4 is 27.6 Å². The molecule has 0 bridgehead atoms. The summed E-state index contributed by atoms with van der Waals surface area (Å²) in [6.07, 6.45) is 3.10. The zero-order valence-electron chi connectivity index (χ0n) is 17.4. The molecule has 0 unspecified atom stereocenters. The molecule has 0 amide bonds. The lowest BCUT2D eigenvalue weighted by Gasteiger charge is -2.33. The van der Waals surface area contributed by atoms with Gasteiger partial charge in [0.2, 0.25) is 0 Å². The van der Waals surface area contributed by atoms with E-state index in [4.69, 9.17) is 9.47 Å². The lowest BCUT2D eigenvalue weighted by atomic mass is 10.0. The van der Waals surface area contributed by atoms with Crippen molar-refractivity contribution in [2.24, 2.45) is 0 Å². The molecule has 0 saturated carbocycles. The smallest absolute Gasteiger partial charge is 0.277 e. The normalized spacial score (nSPS) is 14.8. The number of rotatable bonds is 4. The van der Waals surface area contributed by atoms with Gasteiger partial charge < -0.3 is 14.4 Å². The van der Waals surface area contributed by atoms with Gasteiger partial charge in [-0.3, -0.25) is 4.79 Å². The minimum Gasteiger partial charge on any atom is -0.493 e. The van der Waals surface area contributed by atoms with Crippen LogP contribution < -0.4 is 19.9 Å². The summed E-state index contributed by atoms with van der Waals surface area (Å²) in [4.78, 5) is 24.0. The molecule has 2 aromatic carbocycles. The molecule has 5 rings (SSSR count). The molecule has 1 saturated heterocycles. The van der Waals surface area contributed by atoms with Crippen molar-refractivity contribution in [3.8, 4) is 11.5 Å². The molecular weight excluding hydrogens is 396 g/mol. The maximum absolute atomic E-state index is 12.9. The van der Waals surface area contributed by atoms with Crippen LogP contribution in [0.2, 0.25) is 0 Å². The Morgan fingerprint density at radius 2 is 1.68 bits per heavy atom. The molecule has 0 radical (unpaired) electrons. The summed E-state index contributed by atoms with van der Waals surface area (Å²) >= 11 is 0. The van der Waals surface area contributed by atoms with Crippen LogP contribution in [0.1, 0.15) is 18.9 Å². The maximum Gasteiger partial charge on any atom is 0.277 e. The summed E-state index contributed by atoms with van der Waals surface area (Å²) in [5, 5.41) is 9.93. The van der Waals surface area contributed by atoms with Gasteiger partial charge in [0, 0.05) is 24.5 Å². The van der Waals surface area contributed by atoms with Gasteiger partial charge in [0.25, 0.3) is 5.56 Å². The third kappa shape index (κ3) is 3.31. The van der Waals surface area contributed by atoms with E-state index in [1.54, 1.807) is 32.7 Å². The Morgan fingerprint density at radius 3 is 2.45 bits per heavy atom. The van der Waals surface area contributed by atoms with E-state index in [-0.39, 0.29) is 11.6 Å². The predicted molar refractivity (Wildman–Crippen MR) is 117 cm³/mol. The van der Waals surface area contributed by atoms with Crippen LogP contribution in [0.15, 0.2) is 47.5 Å². The zero-order chi connectivity index (χ0) is 21.4. The van der Waals surface area contributed by atoms with E-state index in [2.05, 4.69) is 25.2 Å². The number of fused-ring (bicyclic) bond motifs is 2. The summed E-state index contributed by atoms with van der Waals surface area (Å²) in [5.41, 5.74) is 1.33. The number of piperidine rings is 1. The Kier molecular flexibility index (Phi) is 4.85. The second-order valence-electron chi connectivity index (χ2n) is 7.50. The highest BCUT2D eigenvalue weighted by Gasteiger charge is 2.25. The molecule has 0 atom stereocenters. The molecule has 4 aromatic rings. The zero-order valence-corrected chi connectivity index (χ0v) is 17.4. The average Bonchev–Trinajstić information content (AvgIpc) is 2.83. The van der Waals surface area contributed by atoms with Crippen LogP contribution in [0.3, 0.4) is 0 Å². The summed E-state index contributed by atoms with van der Waals surface area (Å²) in [6, 6.07) is 11.1. The van der Waals surface area contributed by atoms with Crippen LogP contribution in [0.4, 0.5) is 5.82 Å². The number of methoxy groups -OCH3 is 2. The molecule has 9 heteroatoms. The molecule has 0 aliphatic carbocycles. The van der Waals surface area contributed by atoms with Gasteiger partial charge in [-0.05, 0) is 31.0 Å². The van der Waals surface area contributed by atoms with Crippen molar-refractivity contribution < 1.29 is 9.47 Å². The Balaban J connectivity index is 1.43. The largest absolute Gasteiger partial charge is 0.493 e. The summed E-state index contributed by atoms with van der Waals surface area (Å²) < 4.78 is 12.4. The fraction of sp³-hybridized carbons (Fsp3) is 0.318. The number of aromatic nitrogens is 5. The molecule has 0 N–H and O–H groups in total. The molecule has 31 heavy (non-hydrogen) atoms. The van der Waals surface area contributed by atoms with Crippen molar-refractivity contribution in [3.05, 3.63) is 53.1 Å². The number of hydrogen-bond acceptors (Lipinski definition) is 8. The first-order valence-electron chi connectivity index (χ1n) is 10.2. The third-order valence-electron chi connectivity index (χ3n) is 5.82. The topological polar surface area (TPSA) is 95.3 Å². The van der Waals surface area contributed by atoms with Crippen molar-refractivity contribution in [1.29, 1.82) is 0 Å². The first-order chi connectivity index (χ1) is 15.2. The van der Waals surface area contributed by atoms with Gasteiger partial charge in [0.15, 0.2) is 11.5 Å². The van der Waals surface area contributed by atoms with Crippen LogP contribution in [0.5, 0.6) is 11.5 Å². The average molecular weight is 418 g/mol. The predicted octanol–water partition coefficient (Wildman–Crippen LogP) is 2.59. The third-order valence-corrected chi connectivity index (χ3v) is 5.82. The Labute approximate surface area is 178 Å². The van der Waals surface area contributed by atoms with E-state index < -0.39 is 0 Å². The second kappa shape index (κ2) is 7.82. The molecule has 3 heterocycles. The first kappa shape index (κ1) is 19.2. The van der Waals surface area contributed by atoms with Crippen molar-refractivity contribution in [3.63, 3.8) is 0 Å². The lowest BCUT2D eigenvalue weighted by Crippen LogP contribution is -2.39. The van der Waals surface area contributed by atoms with Gasteiger partial charge in [-0.15, -0.1) is 5.10 Å². The highest BCUT2D eigenvalue weighted by atomic mass is 16.5. The number of ether oxygens (including phenoxy) is 2. The van der Waals surface area contributed by atoms with E-state index >= 15 is 0 Å². The SMILES string of the molecule is COc1cc2ncnc(N3CCC(n4nnc5ccccc5c4=O)CC3)c2cc1OC. The first-order valence-corrected chi connectivity index (χ1v) is 10.2. The Hall–Kier alpha value is -3.75. The van der Waals surface area contributed by atoms with Gasteiger partial charge in [-0.2, -0.15) is 0 Å². The highest BCUT2D eigenvalue weighted by molar-refractivity contribution is 5.92. The number of hydrogen-bond donors (Lipinski definition) is 0. The standard InChI is InChI=1S/C22H22N6O3/c1-30-19-11-16-18(12-20(19)31-2)23-13-24-21(16)27-9-7-14(8-10-27)28-22(29)15-5-3-4-6-17(15)25-26-28/h3-6,11-14H,7-10H2,1-2H3. The molecule has 158 valence electrons. The van der Waals surface area contributed by atoms with Crippen LogP contribution >= 0.6 is 0 Å². The summed E-state index contributed by atoms with van der Waals surface area (Å²) in [6.45, 7) is 1.48. The van der Waals surface area contributed by atoms with Gasteiger partial charge >= 0.3 is 0 Å². The van der Waals surface area contributed by atoms with Crippen LogP contribution in [0, 0.1) is 0 Å². The molecule has 1 aliphatic rings. The molecular formula is C22H22N6O3. The van der Waals surface area contributed by atoms with Gasteiger partial charge in [-0.1, -0.05) is 17.3 Å². The van der Waals surface area contributed by atoms with Crippen molar-refractivity contribution in [2.75, 3.05) is 32.2 Å². The van der Waals surface area contributed by atoms with Crippen molar-refractivity contribution in [1.82, 2.24) is 25.0 Å². The van der Waals surface area contributed by atoms with Gasteiger partial charge in [-0.25, -0.2) is 14.6 Å². The fourth-order valence-electron chi connectivity index (χ4n) is 4.18. The van der Waals surface area contributed by atoms with Crippen LogP contribution in [-0.2, 0) is 0 Å². The highest BCUT2D eigenvalue weighted by Crippen LogP contribution is 2.36. The molecule has 9 nitrogen and oxygen atoms in total. The number of anilines is 1. The maximum atomic E-state index is 12.9. The molecule has 1 fully saturated rings. The monoisotopic (exact) mass is 418 g/mol. The second-order valence-corrected chi connectivity index (χ2v) is 7.50. The quantitative estimate of drug-likeness (QED) is 0.499. The van der Waals surface area contributed by atoms with E-state index in [0.717, 1.165) is 42.7 Å². The van der Waals surface area contributed by atoms with Crippen LogP contribution in [0.25, 0.3) is 21.8 Å². The number of nitrogens with zero attached hydrogens (tertiary/aromatic N) is 6. The van der Waals surface area contributed by atoms with E-state index in [0.29, 0.717) is 22.4 Å². The summed E-state index contributed by atoms with van der Waals surface area (Å²) in [5.74, 6) is 2.12. The Bertz CT molecular complexity index is 1310. The lowest BCUT2D eigenvalue weighted by molar-refractivity contribution is 0.344.